The Balaban J connectivity index is 1.99. The molecule has 0 bridgehead atoms. The fourth-order valence-corrected chi connectivity index (χ4v) is 5.04. The van der Waals surface area contributed by atoms with Gasteiger partial charge < -0.3 is 5.11 Å². The summed E-state index contributed by atoms with van der Waals surface area (Å²) in [7, 11) is 0. The summed E-state index contributed by atoms with van der Waals surface area (Å²) in [5, 5.41) is 16.9. The van der Waals surface area contributed by atoms with Crippen LogP contribution in [0, 0.1) is 0 Å². The van der Waals surface area contributed by atoms with Gasteiger partial charge >= 0.3 is 0 Å². The van der Waals surface area contributed by atoms with Gasteiger partial charge in [-0.05, 0) is 45.7 Å². The van der Waals surface area contributed by atoms with Crippen LogP contribution in [0.2, 0.25) is 0 Å². The number of benzene rings is 4. The van der Waals surface area contributed by atoms with Crippen molar-refractivity contribution in [1.82, 2.24) is 0 Å². The van der Waals surface area contributed by atoms with Crippen LogP contribution in [0.15, 0.2) is 79.1 Å². The SMILES string of the molecule is OC=CCc1cccc2ccc3sc4c5ccccc5ccc4c3c12. The molecule has 1 nitrogen and oxygen atoms in total. The van der Waals surface area contributed by atoms with Gasteiger partial charge in [-0.3, -0.25) is 0 Å². The lowest BCUT2D eigenvalue weighted by atomic mass is 9.96. The van der Waals surface area contributed by atoms with Gasteiger partial charge in [0.25, 0.3) is 0 Å². The Labute approximate surface area is 149 Å². The van der Waals surface area contributed by atoms with E-state index in [2.05, 4.69) is 66.7 Å². The molecule has 0 atom stereocenters. The maximum absolute atomic E-state index is 9.08. The molecule has 0 unspecified atom stereocenters. The van der Waals surface area contributed by atoms with Crippen LogP contribution in [0.5, 0.6) is 0 Å². The summed E-state index contributed by atoms with van der Waals surface area (Å²) in [6, 6.07) is 23.9. The minimum absolute atomic E-state index is 0.734. The zero-order chi connectivity index (χ0) is 16.8. The van der Waals surface area contributed by atoms with E-state index in [4.69, 9.17) is 5.11 Å². The van der Waals surface area contributed by atoms with E-state index in [9.17, 15) is 0 Å². The highest BCUT2D eigenvalue weighted by molar-refractivity contribution is 7.26. The third kappa shape index (κ3) is 2.15. The number of aliphatic hydroxyl groups is 1. The molecule has 2 heteroatoms. The Morgan fingerprint density at radius 2 is 1.60 bits per heavy atom. The van der Waals surface area contributed by atoms with E-state index in [1.54, 1.807) is 6.08 Å². The molecule has 120 valence electrons. The number of rotatable bonds is 2. The lowest BCUT2D eigenvalue weighted by molar-refractivity contribution is 0.471. The predicted molar refractivity (Wildman–Crippen MR) is 110 cm³/mol. The minimum atomic E-state index is 0.734. The molecule has 0 fully saturated rings. The first-order valence-corrected chi connectivity index (χ1v) is 9.22. The lowest BCUT2D eigenvalue weighted by Gasteiger charge is -2.07. The van der Waals surface area contributed by atoms with E-state index in [0.29, 0.717) is 0 Å². The number of hydrogen-bond acceptors (Lipinski definition) is 2. The number of hydrogen-bond donors (Lipinski definition) is 1. The fourth-order valence-electron chi connectivity index (χ4n) is 3.80. The van der Waals surface area contributed by atoms with E-state index < -0.39 is 0 Å². The quantitative estimate of drug-likeness (QED) is 0.344. The molecule has 0 saturated carbocycles. The Kier molecular flexibility index (Phi) is 3.25. The summed E-state index contributed by atoms with van der Waals surface area (Å²) >= 11 is 1.87. The van der Waals surface area contributed by atoms with Gasteiger partial charge in [-0.15, -0.1) is 11.3 Å². The van der Waals surface area contributed by atoms with Gasteiger partial charge in [0, 0.05) is 20.2 Å². The standard InChI is InChI=1S/C23H16OS/c24-14-4-8-16-6-3-7-17-11-13-20-22(21(16)17)19-12-10-15-5-1-2-9-18(15)23(19)25-20/h1-7,9-14,24H,8H2. The Morgan fingerprint density at radius 3 is 2.52 bits per heavy atom. The van der Waals surface area contributed by atoms with Crippen molar-refractivity contribution in [3.8, 4) is 0 Å². The summed E-state index contributed by atoms with van der Waals surface area (Å²) in [4.78, 5) is 0. The molecule has 5 rings (SSSR count). The first-order chi connectivity index (χ1) is 12.4. The molecule has 0 aliphatic carbocycles. The molecule has 4 aromatic carbocycles. The lowest BCUT2D eigenvalue weighted by Crippen LogP contribution is -1.85. The van der Waals surface area contributed by atoms with Crippen LogP contribution < -0.4 is 0 Å². The normalized spacial score (nSPS) is 12.2. The molecule has 1 heterocycles. The number of allylic oxidation sites excluding steroid dienone is 1. The van der Waals surface area contributed by atoms with Crippen LogP contribution in [0.3, 0.4) is 0 Å². The molecule has 0 radical (unpaired) electrons. The minimum Gasteiger partial charge on any atom is -0.516 e. The third-order valence-corrected chi connectivity index (χ3v) is 6.10. The van der Waals surface area contributed by atoms with Crippen LogP contribution in [-0.4, -0.2) is 5.11 Å². The molecule has 0 saturated heterocycles. The van der Waals surface area contributed by atoms with Crippen molar-refractivity contribution in [3.63, 3.8) is 0 Å². The van der Waals surface area contributed by atoms with E-state index in [0.717, 1.165) is 12.7 Å². The van der Waals surface area contributed by atoms with Gasteiger partial charge in [0.05, 0.1) is 6.26 Å². The van der Waals surface area contributed by atoms with Crippen LogP contribution in [-0.2, 0) is 6.42 Å². The van der Waals surface area contributed by atoms with Gasteiger partial charge in [-0.2, -0.15) is 0 Å². The summed E-state index contributed by atoms with van der Waals surface area (Å²) in [6.07, 6.45) is 3.67. The van der Waals surface area contributed by atoms with Crippen molar-refractivity contribution in [1.29, 1.82) is 0 Å². The second-order valence-corrected chi connectivity index (χ2v) is 7.36. The average Bonchev–Trinajstić information content (AvgIpc) is 3.05. The molecule has 1 aromatic heterocycles. The van der Waals surface area contributed by atoms with Gasteiger partial charge in [0.2, 0.25) is 0 Å². The van der Waals surface area contributed by atoms with Crippen molar-refractivity contribution in [3.05, 3.63) is 84.6 Å². The predicted octanol–water partition coefficient (Wildman–Crippen LogP) is 6.98. The number of aliphatic hydroxyl groups excluding tert-OH is 1. The van der Waals surface area contributed by atoms with Crippen LogP contribution in [0.25, 0.3) is 41.7 Å². The Hall–Kier alpha value is -2.84. The maximum atomic E-state index is 9.08. The van der Waals surface area contributed by atoms with Gasteiger partial charge in [-0.25, -0.2) is 0 Å². The highest BCUT2D eigenvalue weighted by atomic mass is 32.1. The van der Waals surface area contributed by atoms with Gasteiger partial charge in [0.1, 0.15) is 0 Å². The second kappa shape index (κ2) is 5.61. The van der Waals surface area contributed by atoms with Gasteiger partial charge in [-0.1, -0.05) is 60.7 Å². The van der Waals surface area contributed by atoms with Crippen molar-refractivity contribution in [2.75, 3.05) is 0 Å². The maximum Gasteiger partial charge on any atom is 0.0755 e. The third-order valence-electron chi connectivity index (χ3n) is 4.90. The topological polar surface area (TPSA) is 20.2 Å². The van der Waals surface area contributed by atoms with E-state index in [1.807, 2.05) is 11.3 Å². The second-order valence-electron chi connectivity index (χ2n) is 6.31. The summed E-state index contributed by atoms with van der Waals surface area (Å²) < 4.78 is 2.67. The van der Waals surface area contributed by atoms with Gasteiger partial charge in [0.15, 0.2) is 0 Å². The summed E-state index contributed by atoms with van der Waals surface area (Å²) in [5.41, 5.74) is 1.25. The van der Waals surface area contributed by atoms with Crippen molar-refractivity contribution < 1.29 is 5.11 Å². The molecule has 5 aromatic rings. The largest absolute Gasteiger partial charge is 0.516 e. The fraction of sp³-hybridized carbons (Fsp3) is 0.0435. The monoisotopic (exact) mass is 340 g/mol. The highest BCUT2D eigenvalue weighted by Crippen LogP contribution is 2.42. The molecular weight excluding hydrogens is 324 g/mol. The molecular formula is C23H16OS. The van der Waals surface area contributed by atoms with E-state index in [-0.39, 0.29) is 0 Å². The van der Waals surface area contributed by atoms with Crippen LogP contribution in [0.4, 0.5) is 0 Å². The molecule has 0 aliphatic rings. The van der Waals surface area contributed by atoms with Crippen LogP contribution >= 0.6 is 11.3 Å². The van der Waals surface area contributed by atoms with Crippen molar-refractivity contribution in [2.24, 2.45) is 0 Å². The zero-order valence-corrected chi connectivity index (χ0v) is 14.4. The number of thiophene rings is 1. The summed E-state index contributed by atoms with van der Waals surface area (Å²) in [5.74, 6) is 0. The smallest absolute Gasteiger partial charge is 0.0755 e. The zero-order valence-electron chi connectivity index (χ0n) is 13.6. The van der Waals surface area contributed by atoms with Crippen molar-refractivity contribution >= 4 is 53.1 Å². The summed E-state index contributed by atoms with van der Waals surface area (Å²) in [6.45, 7) is 0. The van der Waals surface area contributed by atoms with Crippen molar-refractivity contribution in [2.45, 2.75) is 6.42 Å². The first kappa shape index (κ1) is 14.5. The first-order valence-electron chi connectivity index (χ1n) is 8.40. The van der Waals surface area contributed by atoms with E-state index in [1.165, 1.54) is 47.3 Å². The Morgan fingerprint density at radius 1 is 0.760 bits per heavy atom. The highest BCUT2D eigenvalue weighted by Gasteiger charge is 2.13. The molecule has 0 amide bonds. The molecule has 1 N–H and O–H groups in total. The number of fused-ring (bicyclic) bond motifs is 7. The van der Waals surface area contributed by atoms with E-state index >= 15 is 0 Å². The Bertz CT molecular complexity index is 1280. The molecule has 0 aliphatic heterocycles. The molecule has 25 heavy (non-hydrogen) atoms. The van der Waals surface area contributed by atoms with Crippen LogP contribution in [0.1, 0.15) is 5.56 Å². The average molecular weight is 340 g/mol. The molecule has 0 spiro atoms.